The van der Waals surface area contributed by atoms with Gasteiger partial charge in [0.15, 0.2) is 11.5 Å². The van der Waals surface area contributed by atoms with E-state index in [9.17, 15) is 4.79 Å². The van der Waals surface area contributed by atoms with Gasteiger partial charge in [0.25, 0.3) is 0 Å². The molecular weight excluding hydrogens is 272 g/mol. The van der Waals surface area contributed by atoms with E-state index in [1.54, 1.807) is 24.3 Å². The number of aryl methyl sites for hydroxylation is 1. The number of carbonyl (C=O) groups is 1. The Kier molecular flexibility index (Phi) is 4.66. The molecule has 0 atom stereocenters. The summed E-state index contributed by atoms with van der Waals surface area (Å²) in [5, 5.41) is 0. The summed E-state index contributed by atoms with van der Waals surface area (Å²) in [4.78, 5) is 11.9. The number of hydrogen-bond donors (Lipinski definition) is 0. The molecule has 1 heterocycles. The first-order valence-corrected chi connectivity index (χ1v) is 6.31. The van der Waals surface area contributed by atoms with E-state index < -0.39 is 5.97 Å². The highest BCUT2D eigenvalue weighted by Gasteiger charge is 2.14. The van der Waals surface area contributed by atoms with Gasteiger partial charge >= 0.3 is 5.97 Å². The van der Waals surface area contributed by atoms with Gasteiger partial charge in [-0.3, -0.25) is 0 Å². The van der Waals surface area contributed by atoms with E-state index in [1.807, 2.05) is 13.0 Å². The van der Waals surface area contributed by atoms with Gasteiger partial charge in [-0.05, 0) is 37.3 Å². The minimum atomic E-state index is -0.549. The monoisotopic (exact) mass is 288 g/mol. The van der Waals surface area contributed by atoms with E-state index >= 15 is 0 Å². The molecule has 0 bridgehead atoms. The summed E-state index contributed by atoms with van der Waals surface area (Å²) in [5.41, 5.74) is 0. The summed E-state index contributed by atoms with van der Waals surface area (Å²) < 4.78 is 20.9. The van der Waals surface area contributed by atoms with E-state index in [-0.39, 0.29) is 5.75 Å². The minimum Gasteiger partial charge on any atom is -0.493 e. The van der Waals surface area contributed by atoms with E-state index in [2.05, 4.69) is 0 Å². The van der Waals surface area contributed by atoms with Crippen LogP contribution in [-0.4, -0.2) is 20.2 Å². The molecule has 1 aromatic heterocycles. The summed E-state index contributed by atoms with van der Waals surface area (Å²) >= 11 is 0. The predicted molar refractivity (Wildman–Crippen MR) is 77.7 cm³/mol. The first-order chi connectivity index (χ1) is 10.1. The molecule has 1 aromatic carbocycles. The minimum absolute atomic E-state index is 0.243. The maximum Gasteiger partial charge on any atom is 0.336 e. The molecule has 2 aromatic rings. The molecule has 0 fully saturated rings. The molecule has 110 valence electrons. The number of benzene rings is 1. The maximum atomic E-state index is 11.9. The fourth-order valence-corrected chi connectivity index (χ4v) is 1.75. The molecule has 0 spiro atoms. The first-order valence-electron chi connectivity index (χ1n) is 6.31. The molecule has 0 saturated carbocycles. The lowest BCUT2D eigenvalue weighted by Gasteiger charge is -2.11. The standard InChI is InChI=1S/C16H16O5/c1-11-7-8-12(20-11)9-10-15(17)21-16-13(18-2)5-4-6-14(16)19-3/h4-10H,1-3H3/b10-9+. The Morgan fingerprint density at radius 3 is 2.29 bits per heavy atom. The number of rotatable bonds is 5. The third-order valence-corrected chi connectivity index (χ3v) is 2.73. The fourth-order valence-electron chi connectivity index (χ4n) is 1.75. The quantitative estimate of drug-likeness (QED) is 0.480. The van der Waals surface area contributed by atoms with Gasteiger partial charge in [0.2, 0.25) is 5.75 Å². The number of para-hydroxylation sites is 1. The molecule has 0 unspecified atom stereocenters. The van der Waals surface area contributed by atoms with E-state index in [0.717, 1.165) is 5.76 Å². The highest BCUT2D eigenvalue weighted by atomic mass is 16.6. The van der Waals surface area contributed by atoms with Crippen molar-refractivity contribution in [1.82, 2.24) is 0 Å². The Morgan fingerprint density at radius 1 is 1.10 bits per heavy atom. The van der Waals surface area contributed by atoms with Crippen molar-refractivity contribution in [3.63, 3.8) is 0 Å². The molecule has 0 aliphatic heterocycles. The molecule has 5 nitrogen and oxygen atoms in total. The van der Waals surface area contributed by atoms with Crippen LogP contribution in [0.25, 0.3) is 6.08 Å². The van der Waals surface area contributed by atoms with Gasteiger partial charge in [0, 0.05) is 6.08 Å². The SMILES string of the molecule is COc1cccc(OC)c1OC(=O)/C=C/c1ccc(C)o1. The molecule has 5 heteroatoms. The molecule has 0 saturated heterocycles. The van der Waals surface area contributed by atoms with Crippen molar-refractivity contribution >= 4 is 12.0 Å². The highest BCUT2D eigenvalue weighted by molar-refractivity contribution is 5.89. The number of ether oxygens (including phenoxy) is 3. The van der Waals surface area contributed by atoms with Crippen LogP contribution in [0.5, 0.6) is 17.2 Å². The van der Waals surface area contributed by atoms with E-state index in [4.69, 9.17) is 18.6 Å². The van der Waals surface area contributed by atoms with Gasteiger partial charge in [-0.2, -0.15) is 0 Å². The van der Waals surface area contributed by atoms with E-state index in [0.29, 0.717) is 17.3 Å². The van der Waals surface area contributed by atoms with Gasteiger partial charge in [-0.15, -0.1) is 0 Å². The average Bonchev–Trinajstić information content (AvgIpc) is 2.91. The third kappa shape index (κ3) is 3.66. The van der Waals surface area contributed by atoms with Crippen molar-refractivity contribution in [1.29, 1.82) is 0 Å². The van der Waals surface area contributed by atoms with Gasteiger partial charge < -0.3 is 18.6 Å². The van der Waals surface area contributed by atoms with Crippen molar-refractivity contribution in [2.45, 2.75) is 6.92 Å². The molecule has 0 N–H and O–H groups in total. The number of hydrogen-bond acceptors (Lipinski definition) is 5. The van der Waals surface area contributed by atoms with Crippen molar-refractivity contribution in [3.8, 4) is 17.2 Å². The summed E-state index contributed by atoms with van der Waals surface area (Å²) in [6.07, 6.45) is 2.82. The second kappa shape index (κ2) is 6.65. The molecule has 2 rings (SSSR count). The van der Waals surface area contributed by atoms with Crippen LogP contribution in [-0.2, 0) is 4.79 Å². The Labute approximate surface area is 122 Å². The summed E-state index contributed by atoms with van der Waals surface area (Å²) in [5.74, 6) is 1.89. The Balaban J connectivity index is 2.14. The molecule has 0 radical (unpaired) electrons. The fraction of sp³-hybridized carbons (Fsp3) is 0.188. The molecular formula is C16H16O5. The van der Waals surface area contributed by atoms with Crippen LogP contribution in [0.1, 0.15) is 11.5 Å². The second-order valence-electron chi connectivity index (χ2n) is 4.19. The average molecular weight is 288 g/mol. The van der Waals surface area contributed by atoms with Crippen molar-refractivity contribution in [2.24, 2.45) is 0 Å². The van der Waals surface area contributed by atoms with Crippen LogP contribution >= 0.6 is 0 Å². The lowest BCUT2D eigenvalue weighted by atomic mass is 10.3. The number of carbonyl (C=O) groups excluding carboxylic acids is 1. The second-order valence-corrected chi connectivity index (χ2v) is 4.19. The zero-order valence-electron chi connectivity index (χ0n) is 12.1. The third-order valence-electron chi connectivity index (χ3n) is 2.73. The number of methoxy groups -OCH3 is 2. The van der Waals surface area contributed by atoms with Gasteiger partial charge in [-0.1, -0.05) is 6.07 Å². The highest BCUT2D eigenvalue weighted by Crippen LogP contribution is 2.36. The van der Waals surface area contributed by atoms with Crippen molar-refractivity contribution < 1.29 is 23.4 Å². The van der Waals surface area contributed by atoms with Crippen molar-refractivity contribution in [2.75, 3.05) is 14.2 Å². The molecule has 0 amide bonds. The van der Waals surface area contributed by atoms with Crippen LogP contribution in [0, 0.1) is 6.92 Å². The normalized spacial score (nSPS) is 10.6. The van der Waals surface area contributed by atoms with Crippen LogP contribution in [0.2, 0.25) is 0 Å². The predicted octanol–water partition coefficient (Wildman–Crippen LogP) is 3.22. The number of furan rings is 1. The maximum absolute atomic E-state index is 11.9. The molecule has 0 aliphatic rings. The van der Waals surface area contributed by atoms with E-state index in [1.165, 1.54) is 26.4 Å². The lowest BCUT2D eigenvalue weighted by Crippen LogP contribution is -2.06. The first kappa shape index (κ1) is 14.7. The van der Waals surface area contributed by atoms with Crippen LogP contribution < -0.4 is 14.2 Å². The van der Waals surface area contributed by atoms with Gasteiger partial charge in [0.1, 0.15) is 11.5 Å². The zero-order chi connectivity index (χ0) is 15.2. The van der Waals surface area contributed by atoms with Gasteiger partial charge in [0.05, 0.1) is 14.2 Å². The number of esters is 1. The largest absolute Gasteiger partial charge is 0.493 e. The smallest absolute Gasteiger partial charge is 0.336 e. The van der Waals surface area contributed by atoms with Crippen LogP contribution in [0.15, 0.2) is 40.8 Å². The summed E-state index contributed by atoms with van der Waals surface area (Å²) in [6.45, 7) is 1.83. The summed E-state index contributed by atoms with van der Waals surface area (Å²) in [6, 6.07) is 8.70. The topological polar surface area (TPSA) is 57.9 Å². The zero-order valence-corrected chi connectivity index (χ0v) is 12.1. The van der Waals surface area contributed by atoms with Gasteiger partial charge in [-0.25, -0.2) is 4.79 Å². The summed E-state index contributed by atoms with van der Waals surface area (Å²) in [7, 11) is 2.99. The van der Waals surface area contributed by atoms with Crippen LogP contribution in [0.3, 0.4) is 0 Å². The van der Waals surface area contributed by atoms with Crippen LogP contribution in [0.4, 0.5) is 0 Å². The molecule has 0 aliphatic carbocycles. The Morgan fingerprint density at radius 2 is 1.76 bits per heavy atom. The lowest BCUT2D eigenvalue weighted by molar-refractivity contribution is -0.129. The van der Waals surface area contributed by atoms with Crippen molar-refractivity contribution in [3.05, 3.63) is 47.9 Å². The Hall–Kier alpha value is -2.69. The molecule has 21 heavy (non-hydrogen) atoms. The Bertz CT molecular complexity index is 632.